The minimum absolute atomic E-state index is 0.105. The third-order valence-corrected chi connectivity index (χ3v) is 2.15. The molecule has 0 saturated heterocycles. The van der Waals surface area contributed by atoms with Crippen LogP contribution in [-0.2, 0) is 0 Å². The van der Waals surface area contributed by atoms with Crippen molar-refractivity contribution in [3.8, 4) is 0 Å². The Morgan fingerprint density at radius 3 is 2.92 bits per heavy atom. The largest absolute Gasteiger partial charge is 0.358 e. The standard InChI is InChI=1S/C10H12N2O/c1-6-4-3-5-8-9(6)12-13-10(8)7(2)11/h3-5,7H,11H2,1-2H3. The minimum atomic E-state index is -0.105. The summed E-state index contributed by atoms with van der Waals surface area (Å²) < 4.78 is 5.18. The molecular formula is C10H12N2O. The summed E-state index contributed by atoms with van der Waals surface area (Å²) in [6.07, 6.45) is 0. The smallest absolute Gasteiger partial charge is 0.160 e. The van der Waals surface area contributed by atoms with Gasteiger partial charge in [0.05, 0.1) is 6.04 Å². The Morgan fingerprint density at radius 1 is 1.46 bits per heavy atom. The zero-order valence-corrected chi connectivity index (χ0v) is 7.74. The van der Waals surface area contributed by atoms with Gasteiger partial charge in [0.15, 0.2) is 5.76 Å². The monoisotopic (exact) mass is 176 g/mol. The molecule has 3 heteroatoms. The molecule has 0 aliphatic heterocycles. The summed E-state index contributed by atoms with van der Waals surface area (Å²) in [5.41, 5.74) is 7.77. The van der Waals surface area contributed by atoms with Crippen LogP contribution in [0.5, 0.6) is 0 Å². The Labute approximate surface area is 76.5 Å². The Kier molecular flexibility index (Phi) is 1.81. The van der Waals surface area contributed by atoms with Crippen molar-refractivity contribution in [3.63, 3.8) is 0 Å². The van der Waals surface area contributed by atoms with Crippen molar-refractivity contribution in [3.05, 3.63) is 29.5 Å². The van der Waals surface area contributed by atoms with Crippen LogP contribution < -0.4 is 5.73 Å². The molecular weight excluding hydrogens is 164 g/mol. The van der Waals surface area contributed by atoms with Gasteiger partial charge in [0.1, 0.15) is 5.52 Å². The van der Waals surface area contributed by atoms with Crippen LogP contribution in [0, 0.1) is 6.92 Å². The molecule has 2 N–H and O–H groups in total. The predicted molar refractivity (Wildman–Crippen MR) is 51.3 cm³/mol. The van der Waals surface area contributed by atoms with Gasteiger partial charge in [0, 0.05) is 5.39 Å². The number of fused-ring (bicyclic) bond motifs is 1. The maximum absolute atomic E-state index is 5.74. The number of nitrogens with zero attached hydrogens (tertiary/aromatic N) is 1. The second kappa shape index (κ2) is 2.85. The number of aromatic nitrogens is 1. The highest BCUT2D eigenvalue weighted by molar-refractivity contribution is 5.83. The fraction of sp³-hybridized carbons (Fsp3) is 0.300. The van der Waals surface area contributed by atoms with Gasteiger partial charge in [-0.3, -0.25) is 0 Å². The molecule has 0 fully saturated rings. The van der Waals surface area contributed by atoms with Crippen LogP contribution in [0.25, 0.3) is 10.9 Å². The van der Waals surface area contributed by atoms with E-state index in [9.17, 15) is 0 Å². The van der Waals surface area contributed by atoms with Crippen LogP contribution in [0.2, 0.25) is 0 Å². The minimum Gasteiger partial charge on any atom is -0.358 e. The Balaban J connectivity index is 2.75. The lowest BCUT2D eigenvalue weighted by atomic mass is 10.1. The molecule has 3 nitrogen and oxygen atoms in total. The van der Waals surface area contributed by atoms with E-state index in [0.29, 0.717) is 0 Å². The molecule has 68 valence electrons. The van der Waals surface area contributed by atoms with Crippen molar-refractivity contribution in [2.24, 2.45) is 5.73 Å². The molecule has 0 aliphatic carbocycles. The molecule has 1 aromatic carbocycles. The summed E-state index contributed by atoms with van der Waals surface area (Å²) >= 11 is 0. The molecule has 13 heavy (non-hydrogen) atoms. The Bertz CT molecular complexity index is 431. The van der Waals surface area contributed by atoms with Gasteiger partial charge in [-0.1, -0.05) is 17.3 Å². The highest BCUT2D eigenvalue weighted by Gasteiger charge is 2.12. The van der Waals surface area contributed by atoms with Crippen LogP contribution in [0.1, 0.15) is 24.3 Å². The molecule has 0 bridgehead atoms. The summed E-state index contributed by atoms with van der Waals surface area (Å²) in [5, 5.41) is 5.01. The molecule has 2 aromatic rings. The third-order valence-electron chi connectivity index (χ3n) is 2.15. The topological polar surface area (TPSA) is 52.0 Å². The van der Waals surface area contributed by atoms with E-state index in [0.717, 1.165) is 22.2 Å². The lowest BCUT2D eigenvalue weighted by Crippen LogP contribution is -2.03. The van der Waals surface area contributed by atoms with Gasteiger partial charge in [-0.05, 0) is 25.5 Å². The zero-order chi connectivity index (χ0) is 9.42. The number of hydrogen-bond acceptors (Lipinski definition) is 3. The molecule has 0 aliphatic rings. The van der Waals surface area contributed by atoms with Gasteiger partial charge in [0.25, 0.3) is 0 Å². The number of rotatable bonds is 1. The molecule has 0 radical (unpaired) electrons. The summed E-state index contributed by atoms with van der Waals surface area (Å²) in [5.74, 6) is 0.763. The number of hydrogen-bond donors (Lipinski definition) is 1. The van der Waals surface area contributed by atoms with Crippen LogP contribution >= 0.6 is 0 Å². The second-order valence-corrected chi connectivity index (χ2v) is 3.31. The SMILES string of the molecule is Cc1cccc2c(C(C)N)onc12. The van der Waals surface area contributed by atoms with E-state index in [1.807, 2.05) is 32.0 Å². The number of nitrogens with two attached hydrogens (primary N) is 1. The van der Waals surface area contributed by atoms with Crippen molar-refractivity contribution in [2.45, 2.75) is 19.9 Å². The highest BCUT2D eigenvalue weighted by Crippen LogP contribution is 2.24. The third kappa shape index (κ3) is 1.21. The maximum atomic E-state index is 5.74. The first-order valence-corrected chi connectivity index (χ1v) is 4.30. The molecule has 0 amide bonds. The van der Waals surface area contributed by atoms with Crippen molar-refractivity contribution in [1.29, 1.82) is 0 Å². The first-order valence-electron chi connectivity index (χ1n) is 4.30. The first-order chi connectivity index (χ1) is 6.20. The van der Waals surface area contributed by atoms with Crippen LogP contribution in [-0.4, -0.2) is 5.16 Å². The zero-order valence-electron chi connectivity index (χ0n) is 7.74. The van der Waals surface area contributed by atoms with E-state index in [-0.39, 0.29) is 6.04 Å². The Hall–Kier alpha value is -1.35. The van der Waals surface area contributed by atoms with Crippen LogP contribution in [0.3, 0.4) is 0 Å². The second-order valence-electron chi connectivity index (χ2n) is 3.31. The number of aryl methyl sites for hydroxylation is 1. The molecule has 1 atom stereocenters. The van der Waals surface area contributed by atoms with E-state index >= 15 is 0 Å². The van der Waals surface area contributed by atoms with Crippen LogP contribution in [0.15, 0.2) is 22.7 Å². The van der Waals surface area contributed by atoms with E-state index in [1.54, 1.807) is 0 Å². The molecule has 2 rings (SSSR count). The quantitative estimate of drug-likeness (QED) is 0.724. The summed E-state index contributed by atoms with van der Waals surface area (Å²) in [7, 11) is 0. The van der Waals surface area contributed by atoms with Crippen molar-refractivity contribution < 1.29 is 4.52 Å². The first kappa shape index (κ1) is 8.26. The molecule has 1 heterocycles. The lowest BCUT2D eigenvalue weighted by Gasteiger charge is -1.98. The van der Waals surface area contributed by atoms with E-state index < -0.39 is 0 Å². The summed E-state index contributed by atoms with van der Waals surface area (Å²) in [6, 6.07) is 5.88. The van der Waals surface area contributed by atoms with E-state index in [4.69, 9.17) is 10.3 Å². The van der Waals surface area contributed by atoms with Gasteiger partial charge in [-0.15, -0.1) is 0 Å². The molecule has 1 unspecified atom stereocenters. The fourth-order valence-electron chi connectivity index (χ4n) is 1.45. The molecule has 0 saturated carbocycles. The van der Waals surface area contributed by atoms with Crippen molar-refractivity contribution >= 4 is 10.9 Å². The number of benzene rings is 1. The maximum Gasteiger partial charge on any atom is 0.160 e. The van der Waals surface area contributed by atoms with Crippen molar-refractivity contribution in [2.75, 3.05) is 0 Å². The molecule has 0 spiro atoms. The average molecular weight is 176 g/mol. The highest BCUT2D eigenvalue weighted by atomic mass is 16.5. The van der Waals surface area contributed by atoms with Crippen LogP contribution in [0.4, 0.5) is 0 Å². The fourth-order valence-corrected chi connectivity index (χ4v) is 1.45. The average Bonchev–Trinajstić information content (AvgIpc) is 2.48. The normalized spacial score (nSPS) is 13.5. The summed E-state index contributed by atoms with van der Waals surface area (Å²) in [6.45, 7) is 3.90. The van der Waals surface area contributed by atoms with Gasteiger partial charge in [-0.2, -0.15) is 0 Å². The van der Waals surface area contributed by atoms with Gasteiger partial charge >= 0.3 is 0 Å². The molecule has 1 aromatic heterocycles. The van der Waals surface area contributed by atoms with Gasteiger partial charge in [0.2, 0.25) is 0 Å². The Morgan fingerprint density at radius 2 is 2.23 bits per heavy atom. The van der Waals surface area contributed by atoms with Gasteiger partial charge < -0.3 is 10.3 Å². The van der Waals surface area contributed by atoms with Crippen molar-refractivity contribution in [1.82, 2.24) is 5.16 Å². The predicted octanol–water partition coefficient (Wildman–Crippen LogP) is 2.16. The van der Waals surface area contributed by atoms with E-state index in [2.05, 4.69) is 5.16 Å². The van der Waals surface area contributed by atoms with E-state index in [1.165, 1.54) is 0 Å². The van der Waals surface area contributed by atoms with Gasteiger partial charge in [-0.25, -0.2) is 0 Å². The summed E-state index contributed by atoms with van der Waals surface area (Å²) in [4.78, 5) is 0. The lowest BCUT2D eigenvalue weighted by molar-refractivity contribution is 0.375.